The number of hydrogen-bond donors (Lipinski definition) is 2. The molecular formula is C21H27N3O2. The molecule has 138 valence electrons. The quantitative estimate of drug-likeness (QED) is 0.794. The Morgan fingerprint density at radius 1 is 0.923 bits per heavy atom. The summed E-state index contributed by atoms with van der Waals surface area (Å²) >= 11 is 0. The van der Waals surface area contributed by atoms with Crippen LogP contribution >= 0.6 is 0 Å². The number of nitrogens with one attached hydrogen (secondary N) is 2. The highest BCUT2D eigenvalue weighted by Gasteiger charge is 2.15. The molecule has 0 spiro atoms. The van der Waals surface area contributed by atoms with Crippen molar-refractivity contribution in [1.82, 2.24) is 10.3 Å². The number of rotatable bonds is 7. The monoisotopic (exact) mass is 353 g/mol. The summed E-state index contributed by atoms with van der Waals surface area (Å²) in [6, 6.07) is 10.9. The van der Waals surface area contributed by atoms with E-state index in [1.807, 2.05) is 32.0 Å². The molecule has 0 fully saturated rings. The van der Waals surface area contributed by atoms with Gasteiger partial charge in [0.1, 0.15) is 11.4 Å². The lowest BCUT2D eigenvalue weighted by Crippen LogP contribution is -2.28. The lowest BCUT2D eigenvalue weighted by molar-refractivity contribution is 0.0944. The third kappa shape index (κ3) is 4.91. The molecule has 0 radical (unpaired) electrons. The van der Waals surface area contributed by atoms with E-state index in [0.29, 0.717) is 12.5 Å². The fraction of sp³-hybridized carbons (Fsp3) is 0.381. The molecule has 0 unspecified atom stereocenters. The Morgan fingerprint density at radius 3 is 2.00 bits per heavy atom. The fourth-order valence-electron chi connectivity index (χ4n) is 2.66. The summed E-state index contributed by atoms with van der Waals surface area (Å²) in [5.41, 5.74) is 3.50. The standard InChI is InChI=1S/C21H27N3O2/c1-5-15-9-7-10-16(6-2)19(15)24-21(26)18-12-8-11-17(23-18)20(25)22-13-14(3)4/h7-12,14H,5-6,13H2,1-4H3,(H,22,25)(H,24,26). The number of amides is 2. The zero-order valence-electron chi connectivity index (χ0n) is 15.9. The Morgan fingerprint density at radius 2 is 1.46 bits per heavy atom. The number of carbonyl (C=O) groups is 2. The first kappa shape index (κ1) is 19.6. The van der Waals surface area contributed by atoms with E-state index in [4.69, 9.17) is 0 Å². The first-order chi connectivity index (χ1) is 12.5. The highest BCUT2D eigenvalue weighted by molar-refractivity contribution is 6.04. The molecule has 2 aromatic rings. The summed E-state index contributed by atoms with van der Waals surface area (Å²) in [5, 5.41) is 5.80. The van der Waals surface area contributed by atoms with Gasteiger partial charge in [-0.05, 0) is 42.0 Å². The highest BCUT2D eigenvalue weighted by Crippen LogP contribution is 2.23. The molecule has 0 bridgehead atoms. The summed E-state index contributed by atoms with van der Waals surface area (Å²) in [5.74, 6) is -0.223. The van der Waals surface area contributed by atoms with Crippen LogP contribution in [0.3, 0.4) is 0 Å². The van der Waals surface area contributed by atoms with E-state index in [2.05, 4.69) is 29.5 Å². The highest BCUT2D eigenvalue weighted by atomic mass is 16.2. The maximum absolute atomic E-state index is 12.7. The van der Waals surface area contributed by atoms with Crippen LogP contribution in [0, 0.1) is 5.92 Å². The number of anilines is 1. The van der Waals surface area contributed by atoms with Crippen molar-refractivity contribution < 1.29 is 9.59 Å². The van der Waals surface area contributed by atoms with E-state index in [-0.39, 0.29) is 23.2 Å². The molecule has 5 heteroatoms. The van der Waals surface area contributed by atoms with Gasteiger partial charge in [0, 0.05) is 12.2 Å². The van der Waals surface area contributed by atoms with Crippen molar-refractivity contribution >= 4 is 17.5 Å². The Hall–Kier alpha value is -2.69. The molecule has 0 aliphatic carbocycles. The average Bonchev–Trinajstić information content (AvgIpc) is 2.66. The van der Waals surface area contributed by atoms with Gasteiger partial charge in [0.2, 0.25) is 0 Å². The van der Waals surface area contributed by atoms with Crippen LogP contribution in [0.5, 0.6) is 0 Å². The summed E-state index contributed by atoms with van der Waals surface area (Å²) in [6.07, 6.45) is 1.66. The molecule has 2 rings (SSSR count). The van der Waals surface area contributed by atoms with Gasteiger partial charge in [-0.15, -0.1) is 0 Å². The topological polar surface area (TPSA) is 71.1 Å². The Kier molecular flexibility index (Phi) is 6.89. The third-order valence-corrected chi connectivity index (χ3v) is 4.12. The lowest BCUT2D eigenvalue weighted by atomic mass is 10.0. The summed E-state index contributed by atoms with van der Waals surface area (Å²) in [6.45, 7) is 8.73. The van der Waals surface area contributed by atoms with Gasteiger partial charge in [-0.2, -0.15) is 0 Å². The number of para-hydroxylation sites is 1. The second-order valence-corrected chi connectivity index (χ2v) is 6.62. The average molecular weight is 353 g/mol. The smallest absolute Gasteiger partial charge is 0.274 e. The van der Waals surface area contributed by atoms with Crippen LogP contribution in [-0.4, -0.2) is 23.3 Å². The van der Waals surface area contributed by atoms with E-state index in [9.17, 15) is 9.59 Å². The van der Waals surface area contributed by atoms with Crippen LogP contribution in [0.15, 0.2) is 36.4 Å². The van der Waals surface area contributed by atoms with Crippen molar-refractivity contribution in [2.45, 2.75) is 40.5 Å². The van der Waals surface area contributed by atoms with Gasteiger partial charge in [0.05, 0.1) is 0 Å². The predicted molar refractivity (Wildman–Crippen MR) is 105 cm³/mol. The first-order valence-electron chi connectivity index (χ1n) is 9.13. The van der Waals surface area contributed by atoms with E-state index in [1.165, 1.54) is 0 Å². The number of carbonyl (C=O) groups excluding carboxylic acids is 2. The van der Waals surface area contributed by atoms with E-state index in [1.54, 1.807) is 18.2 Å². The van der Waals surface area contributed by atoms with Gasteiger partial charge in [0.25, 0.3) is 11.8 Å². The van der Waals surface area contributed by atoms with Crippen LogP contribution in [0.2, 0.25) is 0 Å². The zero-order valence-corrected chi connectivity index (χ0v) is 15.9. The summed E-state index contributed by atoms with van der Waals surface area (Å²) in [4.78, 5) is 29.1. The molecule has 0 saturated carbocycles. The molecule has 0 aliphatic rings. The minimum Gasteiger partial charge on any atom is -0.350 e. The molecule has 26 heavy (non-hydrogen) atoms. The predicted octanol–water partition coefficient (Wildman–Crippen LogP) is 3.84. The number of aromatic nitrogens is 1. The van der Waals surface area contributed by atoms with Gasteiger partial charge < -0.3 is 10.6 Å². The maximum Gasteiger partial charge on any atom is 0.274 e. The van der Waals surface area contributed by atoms with Crippen LogP contribution < -0.4 is 10.6 Å². The Labute approximate surface area is 155 Å². The number of nitrogens with zero attached hydrogens (tertiary/aromatic N) is 1. The van der Waals surface area contributed by atoms with E-state index >= 15 is 0 Å². The third-order valence-electron chi connectivity index (χ3n) is 4.12. The summed E-state index contributed by atoms with van der Waals surface area (Å²) in [7, 11) is 0. The SMILES string of the molecule is CCc1cccc(CC)c1NC(=O)c1cccc(C(=O)NCC(C)C)n1. The van der Waals surface area contributed by atoms with Crippen molar-refractivity contribution in [3.8, 4) is 0 Å². The number of aryl methyl sites for hydroxylation is 2. The second-order valence-electron chi connectivity index (χ2n) is 6.62. The lowest BCUT2D eigenvalue weighted by Gasteiger charge is -2.14. The molecule has 5 nitrogen and oxygen atoms in total. The molecule has 1 aromatic heterocycles. The number of hydrogen-bond acceptors (Lipinski definition) is 3. The Balaban J connectivity index is 2.21. The van der Waals surface area contributed by atoms with Gasteiger partial charge in [0.15, 0.2) is 0 Å². The molecule has 2 N–H and O–H groups in total. The fourth-order valence-corrected chi connectivity index (χ4v) is 2.66. The van der Waals surface area contributed by atoms with Crippen molar-refractivity contribution in [1.29, 1.82) is 0 Å². The van der Waals surface area contributed by atoms with Crippen molar-refractivity contribution in [2.24, 2.45) is 5.92 Å². The van der Waals surface area contributed by atoms with Gasteiger partial charge in [-0.25, -0.2) is 4.98 Å². The van der Waals surface area contributed by atoms with Gasteiger partial charge >= 0.3 is 0 Å². The Bertz CT molecular complexity index is 762. The number of pyridine rings is 1. The molecule has 1 heterocycles. The van der Waals surface area contributed by atoms with Crippen molar-refractivity contribution in [2.75, 3.05) is 11.9 Å². The molecule has 1 aromatic carbocycles. The van der Waals surface area contributed by atoms with E-state index < -0.39 is 0 Å². The molecule has 2 amide bonds. The van der Waals surface area contributed by atoms with Crippen molar-refractivity contribution in [3.05, 3.63) is 58.9 Å². The zero-order chi connectivity index (χ0) is 19.1. The second kappa shape index (κ2) is 9.13. The van der Waals surface area contributed by atoms with Crippen LogP contribution in [0.1, 0.15) is 59.8 Å². The molecule has 0 saturated heterocycles. The largest absolute Gasteiger partial charge is 0.350 e. The van der Waals surface area contributed by atoms with Gasteiger partial charge in [-0.3, -0.25) is 9.59 Å². The van der Waals surface area contributed by atoms with E-state index in [0.717, 1.165) is 29.7 Å². The minimum absolute atomic E-state index is 0.232. The number of benzene rings is 1. The normalized spacial score (nSPS) is 10.7. The van der Waals surface area contributed by atoms with Crippen LogP contribution in [-0.2, 0) is 12.8 Å². The van der Waals surface area contributed by atoms with Crippen molar-refractivity contribution in [3.63, 3.8) is 0 Å². The maximum atomic E-state index is 12.7. The first-order valence-corrected chi connectivity index (χ1v) is 9.13. The molecular weight excluding hydrogens is 326 g/mol. The van der Waals surface area contributed by atoms with Gasteiger partial charge in [-0.1, -0.05) is 52.0 Å². The molecule has 0 aliphatic heterocycles. The van der Waals surface area contributed by atoms with Crippen LogP contribution in [0.4, 0.5) is 5.69 Å². The molecule has 0 atom stereocenters. The van der Waals surface area contributed by atoms with Crippen LogP contribution in [0.25, 0.3) is 0 Å². The minimum atomic E-state index is -0.306. The summed E-state index contributed by atoms with van der Waals surface area (Å²) < 4.78 is 0.